The van der Waals surface area contributed by atoms with Gasteiger partial charge in [0.15, 0.2) is 0 Å². The molecule has 2 aromatic heterocycles. The number of carbonyl (C=O) groups excluding carboxylic acids is 1. The molecule has 8 nitrogen and oxygen atoms in total. The van der Waals surface area contributed by atoms with Crippen LogP contribution in [0.1, 0.15) is 34.6 Å². The Kier molecular flexibility index (Phi) is 7.74. The zero-order valence-electron chi connectivity index (χ0n) is 20.2. The Morgan fingerprint density at radius 2 is 1.89 bits per heavy atom. The van der Waals surface area contributed by atoms with Crippen LogP contribution < -0.4 is 10.1 Å². The molecule has 0 aliphatic carbocycles. The molecule has 37 heavy (non-hydrogen) atoms. The van der Waals surface area contributed by atoms with Gasteiger partial charge in [-0.15, -0.1) is 0 Å². The lowest BCUT2D eigenvalue weighted by atomic mass is 10.1. The monoisotopic (exact) mass is 551 g/mol. The average molecular weight is 552 g/mol. The van der Waals surface area contributed by atoms with E-state index in [4.69, 9.17) is 4.74 Å². The van der Waals surface area contributed by atoms with E-state index in [9.17, 15) is 22.2 Å². The summed E-state index contributed by atoms with van der Waals surface area (Å²) in [6, 6.07) is 5.57. The zero-order valence-corrected chi connectivity index (χ0v) is 21.8. The molecule has 0 unspecified atom stereocenters. The number of hydrogen-bond donors (Lipinski definition) is 1. The standard InChI is InChI=1S/C24H24F3N5O3S2/c1-14(21-22(29-7-6-28-21)20-5-4-17(11-30-20)32-37(2,3)34)31-23(33)15-8-16(24(25,26)27)10-18(9-15)35-19-12-36-13-19/h4-11,14,19H,12-13H2,1-3H3,(H,31,33)/t14-/m0/s1. The van der Waals surface area contributed by atoms with E-state index in [1.807, 2.05) is 0 Å². The molecule has 1 N–H and O–H groups in total. The molecule has 0 radical (unpaired) electrons. The quantitative estimate of drug-likeness (QED) is 0.445. The highest BCUT2D eigenvalue weighted by atomic mass is 32.2. The highest BCUT2D eigenvalue weighted by Gasteiger charge is 2.33. The van der Waals surface area contributed by atoms with Crippen LogP contribution in [-0.4, -0.2) is 55.2 Å². The third-order valence-electron chi connectivity index (χ3n) is 5.21. The summed E-state index contributed by atoms with van der Waals surface area (Å²) >= 11 is 1.63. The Balaban J connectivity index is 1.58. The number of ether oxygens (including phenoxy) is 1. The third kappa shape index (κ3) is 6.98. The number of nitrogens with one attached hydrogen (secondary N) is 1. The van der Waals surface area contributed by atoms with Crippen LogP contribution in [0.15, 0.2) is 53.3 Å². The molecule has 4 rings (SSSR count). The summed E-state index contributed by atoms with van der Waals surface area (Å²) < 4.78 is 62.1. The summed E-state index contributed by atoms with van der Waals surface area (Å²) in [5.41, 5.74) is 0.487. The van der Waals surface area contributed by atoms with Gasteiger partial charge in [-0.1, -0.05) is 0 Å². The molecule has 0 spiro atoms. The number of rotatable bonds is 7. The Hall–Kier alpha value is -3.19. The maximum absolute atomic E-state index is 13.5. The predicted octanol–water partition coefficient (Wildman–Crippen LogP) is 4.90. The average Bonchev–Trinajstić information content (AvgIpc) is 2.80. The van der Waals surface area contributed by atoms with Crippen LogP contribution in [0, 0.1) is 0 Å². The van der Waals surface area contributed by atoms with E-state index in [0.29, 0.717) is 34.3 Å². The first-order valence-electron chi connectivity index (χ1n) is 11.1. The molecule has 1 fully saturated rings. The molecule has 1 aliphatic heterocycles. The van der Waals surface area contributed by atoms with Crippen molar-refractivity contribution in [3.8, 4) is 17.1 Å². The maximum atomic E-state index is 13.5. The second-order valence-corrected chi connectivity index (χ2v) is 12.3. The molecule has 1 aliphatic rings. The molecule has 0 saturated carbocycles. The van der Waals surface area contributed by atoms with Crippen molar-refractivity contribution in [2.75, 3.05) is 24.0 Å². The predicted molar refractivity (Wildman–Crippen MR) is 136 cm³/mol. The van der Waals surface area contributed by atoms with E-state index in [1.165, 1.54) is 37.2 Å². The highest BCUT2D eigenvalue weighted by molar-refractivity contribution is 8.00. The van der Waals surface area contributed by atoms with Crippen LogP contribution in [0.3, 0.4) is 0 Å². The maximum Gasteiger partial charge on any atom is 0.416 e. The number of alkyl halides is 3. The minimum atomic E-state index is -4.64. The van der Waals surface area contributed by atoms with Gasteiger partial charge < -0.3 is 10.1 Å². The number of thioether (sulfide) groups is 1. The Morgan fingerprint density at radius 1 is 1.16 bits per heavy atom. The molecular formula is C24H24F3N5O3S2. The number of hydrogen-bond acceptors (Lipinski definition) is 8. The minimum Gasteiger partial charge on any atom is -0.489 e. The highest BCUT2D eigenvalue weighted by Crippen LogP contribution is 2.34. The molecule has 13 heteroatoms. The van der Waals surface area contributed by atoms with Gasteiger partial charge in [0, 0.05) is 51.7 Å². The number of carbonyl (C=O) groups is 1. The first kappa shape index (κ1) is 26.9. The second kappa shape index (κ2) is 10.7. The van der Waals surface area contributed by atoms with Crippen molar-refractivity contribution in [2.24, 2.45) is 4.36 Å². The molecule has 1 saturated heterocycles. The summed E-state index contributed by atoms with van der Waals surface area (Å²) in [5.74, 6) is 0.647. The number of pyridine rings is 1. The lowest BCUT2D eigenvalue weighted by molar-refractivity contribution is -0.137. The van der Waals surface area contributed by atoms with Crippen LogP contribution in [-0.2, 0) is 15.9 Å². The van der Waals surface area contributed by atoms with Gasteiger partial charge in [-0.3, -0.25) is 19.7 Å². The van der Waals surface area contributed by atoms with Crippen molar-refractivity contribution in [3.05, 3.63) is 65.7 Å². The Bertz CT molecular complexity index is 1410. The largest absolute Gasteiger partial charge is 0.489 e. The molecule has 3 heterocycles. The van der Waals surface area contributed by atoms with Crippen molar-refractivity contribution >= 4 is 33.1 Å². The van der Waals surface area contributed by atoms with Crippen molar-refractivity contribution in [3.63, 3.8) is 0 Å². The summed E-state index contributed by atoms with van der Waals surface area (Å²) in [7, 11) is -2.36. The minimum absolute atomic E-state index is 0.00378. The summed E-state index contributed by atoms with van der Waals surface area (Å²) in [6.45, 7) is 1.65. The summed E-state index contributed by atoms with van der Waals surface area (Å²) in [5, 5.41) is 2.70. The number of nitrogens with zero attached hydrogens (tertiary/aromatic N) is 4. The fourth-order valence-corrected chi connectivity index (χ4v) is 4.66. The van der Waals surface area contributed by atoms with Crippen LogP contribution >= 0.6 is 11.8 Å². The first-order valence-corrected chi connectivity index (χ1v) is 14.6. The lowest BCUT2D eigenvalue weighted by Crippen LogP contribution is -2.31. The van der Waals surface area contributed by atoms with E-state index in [-0.39, 0.29) is 17.4 Å². The van der Waals surface area contributed by atoms with Crippen molar-refractivity contribution < 1.29 is 26.9 Å². The van der Waals surface area contributed by atoms with E-state index in [1.54, 1.807) is 30.8 Å². The van der Waals surface area contributed by atoms with Crippen LogP contribution in [0.5, 0.6) is 5.75 Å². The third-order valence-corrected chi connectivity index (χ3v) is 7.07. The van der Waals surface area contributed by atoms with E-state index in [2.05, 4.69) is 24.6 Å². The topological polar surface area (TPSA) is 106 Å². The van der Waals surface area contributed by atoms with Gasteiger partial charge in [-0.2, -0.15) is 29.3 Å². The SMILES string of the molecule is C[C@H](NC(=O)c1cc(OC2CSC2)cc(C(F)(F)F)c1)c1nccnc1-c1ccc(N=S(C)(C)=O)cn1. The van der Waals surface area contributed by atoms with E-state index < -0.39 is 33.4 Å². The molecule has 196 valence electrons. The fraction of sp³-hybridized carbons (Fsp3) is 0.333. The van der Waals surface area contributed by atoms with Crippen molar-refractivity contribution in [2.45, 2.75) is 25.2 Å². The normalized spacial score (nSPS) is 15.0. The number of benzene rings is 1. The molecular weight excluding hydrogens is 527 g/mol. The zero-order chi connectivity index (χ0) is 26.8. The molecule has 1 aromatic carbocycles. The Morgan fingerprint density at radius 3 is 2.49 bits per heavy atom. The smallest absolute Gasteiger partial charge is 0.416 e. The van der Waals surface area contributed by atoms with E-state index in [0.717, 1.165) is 12.1 Å². The number of aromatic nitrogens is 3. The van der Waals surface area contributed by atoms with Gasteiger partial charge in [0.05, 0.1) is 34.9 Å². The van der Waals surface area contributed by atoms with Crippen LogP contribution in [0.2, 0.25) is 0 Å². The molecule has 3 aromatic rings. The van der Waals surface area contributed by atoms with Gasteiger partial charge in [0.1, 0.15) is 17.5 Å². The van der Waals surface area contributed by atoms with Crippen LogP contribution in [0.4, 0.5) is 18.9 Å². The van der Waals surface area contributed by atoms with E-state index >= 15 is 0 Å². The van der Waals surface area contributed by atoms with Gasteiger partial charge in [-0.05, 0) is 37.3 Å². The molecule has 1 atom stereocenters. The molecule has 0 bridgehead atoms. The fourth-order valence-electron chi connectivity index (χ4n) is 3.48. The second-order valence-electron chi connectivity index (χ2n) is 8.68. The van der Waals surface area contributed by atoms with Gasteiger partial charge in [0.2, 0.25) is 0 Å². The molecule has 1 amide bonds. The summed E-state index contributed by atoms with van der Waals surface area (Å²) in [4.78, 5) is 26.0. The van der Waals surface area contributed by atoms with Crippen molar-refractivity contribution in [1.82, 2.24) is 20.3 Å². The lowest BCUT2D eigenvalue weighted by Gasteiger charge is -2.26. The van der Waals surface area contributed by atoms with Crippen molar-refractivity contribution in [1.29, 1.82) is 0 Å². The van der Waals surface area contributed by atoms with Gasteiger partial charge >= 0.3 is 6.18 Å². The van der Waals surface area contributed by atoms with Gasteiger partial charge in [0.25, 0.3) is 5.91 Å². The summed E-state index contributed by atoms with van der Waals surface area (Å²) in [6.07, 6.45) is 2.57. The van der Waals surface area contributed by atoms with Gasteiger partial charge in [-0.25, -0.2) is 4.21 Å². The number of amides is 1. The first-order chi connectivity index (χ1) is 17.4. The number of halogens is 3. The Labute approximate surface area is 216 Å². The van der Waals surface area contributed by atoms with Crippen LogP contribution in [0.25, 0.3) is 11.4 Å².